The quantitative estimate of drug-likeness (QED) is 0.885. The molecule has 1 aromatic carbocycles. The van der Waals surface area contributed by atoms with Crippen molar-refractivity contribution in [3.05, 3.63) is 59.4 Å². The summed E-state index contributed by atoms with van der Waals surface area (Å²) in [4.78, 5) is 0. The predicted octanol–water partition coefficient (Wildman–Crippen LogP) is 2.00. The maximum absolute atomic E-state index is 13.4. The molecule has 0 saturated carbocycles. The molecular weight excluding hydrogens is 224 g/mol. The van der Waals surface area contributed by atoms with E-state index in [0.29, 0.717) is 0 Å². The van der Waals surface area contributed by atoms with E-state index in [1.807, 2.05) is 0 Å². The number of rotatable bonds is 3. The first-order valence-electron chi connectivity index (χ1n) is 5.13. The minimum atomic E-state index is -0.859. The second-order valence-electron chi connectivity index (χ2n) is 3.70. The molecular formula is C12H11F2N3. The SMILES string of the molecule is NC(Cc1cccc(F)c1F)c1ccnnc1. The minimum absolute atomic E-state index is 0.218. The molecule has 2 aromatic rings. The molecule has 0 saturated heterocycles. The first kappa shape index (κ1) is 11.6. The second kappa shape index (κ2) is 4.97. The molecule has 0 amide bonds. The number of halogens is 2. The van der Waals surface area contributed by atoms with Gasteiger partial charge in [-0.05, 0) is 29.7 Å². The average Bonchev–Trinajstić information content (AvgIpc) is 2.36. The third-order valence-electron chi connectivity index (χ3n) is 2.51. The number of hydrogen-bond donors (Lipinski definition) is 1. The van der Waals surface area contributed by atoms with Gasteiger partial charge in [-0.25, -0.2) is 8.78 Å². The third kappa shape index (κ3) is 2.62. The Kier molecular flexibility index (Phi) is 3.39. The molecule has 2 N–H and O–H groups in total. The van der Waals surface area contributed by atoms with Crippen LogP contribution in [-0.2, 0) is 6.42 Å². The normalized spacial score (nSPS) is 12.4. The maximum atomic E-state index is 13.4. The number of benzene rings is 1. The van der Waals surface area contributed by atoms with Gasteiger partial charge in [0.1, 0.15) is 0 Å². The molecule has 0 bridgehead atoms. The molecule has 5 heteroatoms. The number of nitrogens with two attached hydrogens (primary N) is 1. The number of hydrogen-bond acceptors (Lipinski definition) is 3. The van der Waals surface area contributed by atoms with Crippen molar-refractivity contribution >= 4 is 0 Å². The summed E-state index contributed by atoms with van der Waals surface area (Å²) in [7, 11) is 0. The molecule has 0 aliphatic heterocycles. The highest BCUT2D eigenvalue weighted by atomic mass is 19.2. The molecule has 0 fully saturated rings. The van der Waals surface area contributed by atoms with Gasteiger partial charge < -0.3 is 5.73 Å². The molecule has 1 aromatic heterocycles. The van der Waals surface area contributed by atoms with Crippen LogP contribution in [0.5, 0.6) is 0 Å². The van der Waals surface area contributed by atoms with E-state index < -0.39 is 17.7 Å². The highest BCUT2D eigenvalue weighted by Crippen LogP contribution is 2.18. The van der Waals surface area contributed by atoms with Crippen LogP contribution >= 0.6 is 0 Å². The van der Waals surface area contributed by atoms with E-state index in [9.17, 15) is 8.78 Å². The molecule has 2 rings (SSSR count). The van der Waals surface area contributed by atoms with Gasteiger partial charge in [-0.15, -0.1) is 0 Å². The van der Waals surface area contributed by atoms with Crippen molar-refractivity contribution in [2.24, 2.45) is 5.73 Å². The van der Waals surface area contributed by atoms with Crippen LogP contribution in [0, 0.1) is 11.6 Å². The van der Waals surface area contributed by atoms with E-state index in [0.717, 1.165) is 11.6 Å². The van der Waals surface area contributed by atoms with Crippen molar-refractivity contribution in [3.63, 3.8) is 0 Å². The van der Waals surface area contributed by atoms with Gasteiger partial charge >= 0.3 is 0 Å². The lowest BCUT2D eigenvalue weighted by Gasteiger charge is -2.11. The molecule has 17 heavy (non-hydrogen) atoms. The zero-order chi connectivity index (χ0) is 12.3. The van der Waals surface area contributed by atoms with E-state index in [2.05, 4.69) is 10.2 Å². The van der Waals surface area contributed by atoms with Crippen molar-refractivity contribution in [1.82, 2.24) is 10.2 Å². The topological polar surface area (TPSA) is 51.8 Å². The van der Waals surface area contributed by atoms with Crippen molar-refractivity contribution in [2.45, 2.75) is 12.5 Å². The Morgan fingerprint density at radius 3 is 2.71 bits per heavy atom. The lowest BCUT2D eigenvalue weighted by atomic mass is 10.0. The standard InChI is InChI=1S/C12H11F2N3/c13-10-3-1-2-8(12(10)14)6-11(15)9-4-5-16-17-7-9/h1-5,7,11H,6,15H2. The summed E-state index contributed by atoms with van der Waals surface area (Å²) in [6, 6.07) is 5.34. The minimum Gasteiger partial charge on any atom is -0.324 e. The van der Waals surface area contributed by atoms with Crippen molar-refractivity contribution in [3.8, 4) is 0 Å². The molecule has 88 valence electrons. The highest BCUT2D eigenvalue weighted by Gasteiger charge is 2.13. The van der Waals surface area contributed by atoms with Crippen molar-refractivity contribution < 1.29 is 8.78 Å². The zero-order valence-electron chi connectivity index (χ0n) is 8.98. The van der Waals surface area contributed by atoms with E-state index in [-0.39, 0.29) is 12.0 Å². The Morgan fingerprint density at radius 2 is 2.00 bits per heavy atom. The van der Waals surface area contributed by atoms with Gasteiger partial charge in [0.15, 0.2) is 11.6 Å². The highest BCUT2D eigenvalue weighted by molar-refractivity contribution is 5.22. The Bertz CT molecular complexity index is 502. The van der Waals surface area contributed by atoms with Crippen LogP contribution in [0.3, 0.4) is 0 Å². The Hall–Kier alpha value is -1.88. The summed E-state index contributed by atoms with van der Waals surface area (Å²) < 4.78 is 26.4. The van der Waals surface area contributed by atoms with E-state index in [1.165, 1.54) is 24.5 Å². The van der Waals surface area contributed by atoms with Crippen LogP contribution in [-0.4, -0.2) is 10.2 Å². The van der Waals surface area contributed by atoms with Crippen LogP contribution < -0.4 is 5.73 Å². The molecule has 0 aliphatic carbocycles. The molecule has 3 nitrogen and oxygen atoms in total. The van der Waals surface area contributed by atoms with Crippen molar-refractivity contribution in [2.75, 3.05) is 0 Å². The monoisotopic (exact) mass is 235 g/mol. The van der Waals surface area contributed by atoms with Crippen LogP contribution in [0.2, 0.25) is 0 Å². The van der Waals surface area contributed by atoms with Gasteiger partial charge in [0, 0.05) is 12.2 Å². The maximum Gasteiger partial charge on any atom is 0.162 e. The fourth-order valence-corrected chi connectivity index (χ4v) is 1.58. The van der Waals surface area contributed by atoms with E-state index in [1.54, 1.807) is 6.07 Å². The van der Waals surface area contributed by atoms with Gasteiger partial charge in [-0.1, -0.05) is 12.1 Å². The van der Waals surface area contributed by atoms with Crippen LogP contribution in [0.4, 0.5) is 8.78 Å². The Labute approximate surface area is 97.3 Å². The summed E-state index contributed by atoms with van der Waals surface area (Å²) >= 11 is 0. The summed E-state index contributed by atoms with van der Waals surface area (Å²) in [5.41, 5.74) is 6.89. The molecule has 0 radical (unpaired) electrons. The van der Waals surface area contributed by atoms with Gasteiger partial charge in [0.25, 0.3) is 0 Å². The molecule has 0 aliphatic rings. The van der Waals surface area contributed by atoms with Gasteiger partial charge in [-0.3, -0.25) is 0 Å². The number of aromatic nitrogens is 2. The van der Waals surface area contributed by atoms with E-state index in [4.69, 9.17) is 5.73 Å². The molecule has 1 unspecified atom stereocenters. The molecule has 1 atom stereocenters. The Morgan fingerprint density at radius 1 is 1.18 bits per heavy atom. The van der Waals surface area contributed by atoms with Crippen LogP contribution in [0.25, 0.3) is 0 Å². The zero-order valence-corrected chi connectivity index (χ0v) is 8.98. The lowest BCUT2D eigenvalue weighted by Crippen LogP contribution is -2.14. The van der Waals surface area contributed by atoms with Crippen LogP contribution in [0.1, 0.15) is 17.2 Å². The summed E-state index contributed by atoms with van der Waals surface area (Å²) in [6.45, 7) is 0. The van der Waals surface area contributed by atoms with Gasteiger partial charge in [0.05, 0.1) is 6.20 Å². The van der Waals surface area contributed by atoms with Crippen molar-refractivity contribution in [1.29, 1.82) is 0 Å². The fraction of sp³-hybridized carbons (Fsp3) is 0.167. The smallest absolute Gasteiger partial charge is 0.162 e. The van der Waals surface area contributed by atoms with Gasteiger partial charge in [-0.2, -0.15) is 10.2 Å². The Balaban J connectivity index is 2.19. The fourth-order valence-electron chi connectivity index (χ4n) is 1.58. The predicted molar refractivity (Wildman–Crippen MR) is 59.0 cm³/mol. The first-order valence-corrected chi connectivity index (χ1v) is 5.13. The second-order valence-corrected chi connectivity index (χ2v) is 3.70. The summed E-state index contributed by atoms with van der Waals surface area (Å²) in [5.74, 6) is -1.70. The first-order chi connectivity index (χ1) is 8.18. The average molecular weight is 235 g/mol. The number of nitrogens with zero attached hydrogens (tertiary/aromatic N) is 2. The third-order valence-corrected chi connectivity index (χ3v) is 2.51. The summed E-state index contributed by atoms with van der Waals surface area (Å²) in [6.07, 6.45) is 3.24. The van der Waals surface area contributed by atoms with Gasteiger partial charge in [0.2, 0.25) is 0 Å². The largest absolute Gasteiger partial charge is 0.324 e. The van der Waals surface area contributed by atoms with E-state index >= 15 is 0 Å². The summed E-state index contributed by atoms with van der Waals surface area (Å²) in [5, 5.41) is 7.32. The van der Waals surface area contributed by atoms with Crippen LogP contribution in [0.15, 0.2) is 36.7 Å². The molecule has 1 heterocycles. The molecule has 0 spiro atoms. The lowest BCUT2D eigenvalue weighted by molar-refractivity contribution is 0.494.